The third kappa shape index (κ3) is 3.85. The number of rotatable bonds is 5. The molecule has 22 heavy (non-hydrogen) atoms. The third-order valence-electron chi connectivity index (χ3n) is 3.50. The summed E-state index contributed by atoms with van der Waals surface area (Å²) in [6.45, 7) is 0.0148. The molecule has 0 bridgehead atoms. The second-order valence-corrected chi connectivity index (χ2v) is 4.96. The first-order chi connectivity index (χ1) is 9.57. The molecule has 1 saturated heterocycles. The Morgan fingerprint density at radius 3 is 2.27 bits per heavy atom. The molecule has 1 aliphatic rings. The first-order valence-electron chi connectivity index (χ1n) is 6.10. The van der Waals surface area contributed by atoms with E-state index in [2.05, 4.69) is 0 Å². The fraction of sp³-hybridized carbons (Fsp3) is 0.818. The molecule has 0 aromatic carbocycles. The molecular weight excluding hydrogens is 313 g/mol. The van der Waals surface area contributed by atoms with Crippen LogP contribution in [-0.4, -0.2) is 80.1 Å². The van der Waals surface area contributed by atoms with Crippen molar-refractivity contribution in [3.05, 3.63) is 0 Å². The number of aliphatic carboxylic acids is 1. The maximum Gasteiger partial charge on any atom is 1.00 e. The van der Waals surface area contributed by atoms with E-state index in [1.54, 1.807) is 0 Å². The summed E-state index contributed by atoms with van der Waals surface area (Å²) >= 11 is 0. The monoisotopic (exact) mass is 331 g/mol. The van der Waals surface area contributed by atoms with Crippen LogP contribution in [0.2, 0.25) is 0 Å². The van der Waals surface area contributed by atoms with Gasteiger partial charge in [-0.3, -0.25) is 4.79 Å². The fourth-order valence-electron chi connectivity index (χ4n) is 2.32. The van der Waals surface area contributed by atoms with E-state index >= 15 is 0 Å². The number of carboxylic acid groups (broad SMARTS) is 1. The van der Waals surface area contributed by atoms with Crippen molar-refractivity contribution in [2.45, 2.75) is 43.2 Å². The van der Waals surface area contributed by atoms with E-state index in [1.165, 1.54) is 0 Å². The minimum absolute atomic E-state index is 0. The molecule has 0 saturated carbocycles. The van der Waals surface area contributed by atoms with Gasteiger partial charge in [-0.1, -0.05) is 0 Å². The van der Waals surface area contributed by atoms with E-state index in [-0.39, 0.29) is 29.6 Å². The average molecular weight is 331 g/mol. The van der Waals surface area contributed by atoms with Crippen LogP contribution in [0.1, 0.15) is 6.92 Å². The van der Waals surface area contributed by atoms with Gasteiger partial charge in [-0.25, -0.2) is 0 Å². The number of carbonyl (C=O) groups is 2. The molecular formula is C11H18NNaO9. The van der Waals surface area contributed by atoms with Crippen LogP contribution in [0.15, 0.2) is 0 Å². The minimum Gasteiger partial charge on any atom is -0.544 e. The predicted molar refractivity (Wildman–Crippen MR) is 62.1 cm³/mol. The van der Waals surface area contributed by atoms with Crippen molar-refractivity contribution >= 4 is 11.8 Å². The maximum absolute atomic E-state index is 11.4. The smallest absolute Gasteiger partial charge is 0.544 e. The summed E-state index contributed by atoms with van der Waals surface area (Å²) < 4.78 is 4.74. The van der Waals surface area contributed by atoms with Crippen LogP contribution < -0.4 is 40.4 Å². The Bertz CT molecular complexity index is 422. The van der Waals surface area contributed by atoms with Crippen molar-refractivity contribution in [3.63, 3.8) is 0 Å². The van der Waals surface area contributed by atoms with E-state index < -0.39 is 60.5 Å². The number of hydrogen-bond acceptors (Lipinski definition) is 10. The van der Waals surface area contributed by atoms with Gasteiger partial charge < -0.3 is 45.9 Å². The molecule has 0 radical (unpaired) electrons. The summed E-state index contributed by atoms with van der Waals surface area (Å²) in [7, 11) is 0. The van der Waals surface area contributed by atoms with Crippen molar-refractivity contribution in [2.24, 2.45) is 11.7 Å². The largest absolute Gasteiger partial charge is 1.00 e. The van der Waals surface area contributed by atoms with Gasteiger partial charge in [0.2, 0.25) is 5.79 Å². The van der Waals surface area contributed by atoms with Crippen molar-refractivity contribution < 1.29 is 74.5 Å². The van der Waals surface area contributed by atoms with Crippen molar-refractivity contribution in [1.29, 1.82) is 0 Å². The van der Waals surface area contributed by atoms with Crippen LogP contribution >= 0.6 is 0 Å². The molecule has 11 heteroatoms. The number of hydrogen-bond donors (Lipinski definition) is 6. The molecule has 10 nitrogen and oxygen atoms in total. The summed E-state index contributed by atoms with van der Waals surface area (Å²) in [6, 6.07) is -1.49. The van der Waals surface area contributed by atoms with Crippen LogP contribution in [0.5, 0.6) is 0 Å². The zero-order valence-electron chi connectivity index (χ0n) is 12.1. The normalized spacial score (nSPS) is 37.8. The van der Waals surface area contributed by atoms with Crippen molar-refractivity contribution in [1.82, 2.24) is 0 Å². The van der Waals surface area contributed by atoms with Crippen LogP contribution in [0, 0.1) is 5.92 Å². The predicted octanol–water partition coefficient (Wildman–Crippen LogP) is -8.56. The first kappa shape index (κ1) is 21.9. The molecule has 7 N–H and O–H groups in total. The molecule has 1 aliphatic heterocycles. The SMILES string of the molecule is CC(=O)C1[C@H](O)[C@@H](N)[C@H]([C@H](O)[C@H](O)CO)OC1(O)C(=O)[O-].[Na+]. The number of carbonyl (C=O) groups excluding carboxylic acids is 2. The summed E-state index contributed by atoms with van der Waals surface area (Å²) in [5.74, 6) is -8.26. The first-order valence-corrected chi connectivity index (χ1v) is 6.10. The second kappa shape index (κ2) is 8.11. The molecule has 0 aliphatic carbocycles. The molecule has 0 aromatic rings. The van der Waals surface area contributed by atoms with Gasteiger partial charge in [0.15, 0.2) is 0 Å². The molecule has 1 heterocycles. The summed E-state index contributed by atoms with van der Waals surface area (Å²) in [5, 5.41) is 58.8. The van der Waals surface area contributed by atoms with Gasteiger partial charge in [0.1, 0.15) is 36.0 Å². The molecule has 0 amide bonds. The van der Waals surface area contributed by atoms with E-state index in [0.29, 0.717) is 0 Å². The van der Waals surface area contributed by atoms with Crippen molar-refractivity contribution in [2.75, 3.05) is 6.61 Å². The quantitative estimate of drug-likeness (QED) is 0.263. The van der Waals surface area contributed by atoms with Gasteiger partial charge >= 0.3 is 29.6 Å². The second-order valence-electron chi connectivity index (χ2n) is 4.96. The van der Waals surface area contributed by atoms with Gasteiger partial charge in [0.25, 0.3) is 0 Å². The minimum atomic E-state index is -3.22. The topological polar surface area (TPSA) is 194 Å². The summed E-state index contributed by atoms with van der Waals surface area (Å²) in [5.41, 5.74) is 5.56. The Morgan fingerprint density at radius 1 is 1.41 bits per heavy atom. The number of Topliss-reactive ketones (excluding diaryl/α,β-unsaturated/α-hetero) is 1. The molecule has 0 aromatic heterocycles. The van der Waals surface area contributed by atoms with Crippen LogP contribution in [-0.2, 0) is 14.3 Å². The Labute approximate surface area is 147 Å². The van der Waals surface area contributed by atoms with Crippen LogP contribution in [0.25, 0.3) is 0 Å². The van der Waals surface area contributed by atoms with Crippen LogP contribution in [0.4, 0.5) is 0 Å². The Morgan fingerprint density at radius 2 is 1.91 bits per heavy atom. The average Bonchev–Trinajstić information content (AvgIpc) is 2.40. The molecule has 2 unspecified atom stereocenters. The van der Waals surface area contributed by atoms with Gasteiger partial charge in [-0.2, -0.15) is 0 Å². The van der Waals surface area contributed by atoms with E-state index in [1.807, 2.05) is 0 Å². The van der Waals surface area contributed by atoms with E-state index in [0.717, 1.165) is 6.92 Å². The summed E-state index contributed by atoms with van der Waals surface area (Å²) in [6.07, 6.45) is -7.28. The number of nitrogens with two attached hydrogens (primary N) is 1. The van der Waals surface area contributed by atoms with Gasteiger partial charge in [0, 0.05) is 0 Å². The zero-order chi connectivity index (χ0) is 16.5. The van der Waals surface area contributed by atoms with Gasteiger partial charge in [0.05, 0.1) is 18.8 Å². The number of aliphatic hydroxyl groups is 5. The Balaban J connectivity index is 0.00000441. The maximum atomic E-state index is 11.4. The molecule has 7 atom stereocenters. The molecule has 1 fully saturated rings. The standard InChI is InChI=1S/C11H19NO9.Na/c1-3(14)5-8(17)6(12)9(7(16)4(15)2-13)21-11(5,20)10(18)19;/h4-9,13,15-17,20H,2,12H2,1H3,(H,18,19);/q;+1/p-1/t4-,5?,6-,7-,8+,9-,11?;/m1./s1. The van der Waals surface area contributed by atoms with Crippen molar-refractivity contribution in [3.8, 4) is 0 Å². The van der Waals surface area contributed by atoms with Crippen LogP contribution in [0.3, 0.4) is 0 Å². The Hall–Kier alpha value is -0.140. The van der Waals surface area contributed by atoms with Gasteiger partial charge in [-0.15, -0.1) is 0 Å². The Kier molecular flexibility index (Phi) is 8.05. The molecule has 0 spiro atoms. The molecule has 122 valence electrons. The third-order valence-corrected chi connectivity index (χ3v) is 3.50. The number of ketones is 1. The number of ether oxygens (including phenoxy) is 1. The summed E-state index contributed by atoms with van der Waals surface area (Å²) in [4.78, 5) is 22.5. The van der Waals surface area contributed by atoms with Gasteiger partial charge in [-0.05, 0) is 6.92 Å². The fourth-order valence-corrected chi connectivity index (χ4v) is 2.32. The molecule has 1 rings (SSSR count). The zero-order valence-corrected chi connectivity index (χ0v) is 14.1. The number of aliphatic hydroxyl groups excluding tert-OH is 4. The van der Waals surface area contributed by atoms with E-state index in [4.69, 9.17) is 15.6 Å². The number of carboxylic acids is 1. The van der Waals surface area contributed by atoms with E-state index in [9.17, 15) is 35.1 Å².